The van der Waals surface area contributed by atoms with Gasteiger partial charge in [-0.3, -0.25) is 4.79 Å². The van der Waals surface area contributed by atoms with Crippen LogP contribution in [-0.4, -0.2) is 30.0 Å². The summed E-state index contributed by atoms with van der Waals surface area (Å²) in [6.45, 7) is 4.72. The Hall–Kier alpha value is -1.07. The molecule has 0 bridgehead atoms. The molecule has 1 aliphatic carbocycles. The Morgan fingerprint density at radius 3 is 2.80 bits per heavy atom. The molecule has 1 aromatic carbocycles. The van der Waals surface area contributed by atoms with Gasteiger partial charge in [0, 0.05) is 28.7 Å². The number of halogens is 1. The molecule has 5 heteroatoms. The van der Waals surface area contributed by atoms with Crippen LogP contribution < -0.4 is 10.5 Å². The normalized spacial score (nSPS) is 15.8. The molecule has 0 heterocycles. The van der Waals surface area contributed by atoms with Crippen LogP contribution in [-0.2, 0) is 4.79 Å². The molecule has 0 aromatic heterocycles. The zero-order chi connectivity index (χ0) is 14.7. The van der Waals surface area contributed by atoms with Gasteiger partial charge in [-0.05, 0) is 38.8 Å². The maximum absolute atomic E-state index is 12.2. The van der Waals surface area contributed by atoms with Crippen molar-refractivity contribution in [3.8, 4) is 5.75 Å². The average Bonchev–Trinajstić information content (AvgIpc) is 3.21. The van der Waals surface area contributed by atoms with Crippen molar-refractivity contribution in [2.24, 2.45) is 5.73 Å². The van der Waals surface area contributed by atoms with Gasteiger partial charge in [-0.1, -0.05) is 22.0 Å². The second kappa shape index (κ2) is 6.59. The largest absolute Gasteiger partial charge is 0.483 e. The number of amides is 1. The van der Waals surface area contributed by atoms with E-state index in [2.05, 4.69) is 15.9 Å². The molecule has 1 aromatic rings. The Bertz CT molecular complexity index is 487. The molecule has 1 amide bonds. The first kappa shape index (κ1) is 15.3. The van der Waals surface area contributed by atoms with Gasteiger partial charge in [0.1, 0.15) is 5.75 Å². The lowest BCUT2D eigenvalue weighted by Gasteiger charge is -2.21. The van der Waals surface area contributed by atoms with Gasteiger partial charge >= 0.3 is 0 Å². The van der Waals surface area contributed by atoms with Gasteiger partial charge < -0.3 is 15.4 Å². The van der Waals surface area contributed by atoms with Crippen LogP contribution in [0.1, 0.15) is 38.3 Å². The SMILES string of the molecule is CCN(C(=O)COc1cc(Br)ccc1[C@H](C)N)C1CC1. The van der Waals surface area contributed by atoms with Crippen LogP contribution in [0.2, 0.25) is 0 Å². The van der Waals surface area contributed by atoms with Crippen molar-refractivity contribution in [3.63, 3.8) is 0 Å². The van der Waals surface area contributed by atoms with Crippen LogP contribution >= 0.6 is 15.9 Å². The summed E-state index contributed by atoms with van der Waals surface area (Å²) in [5.41, 5.74) is 6.84. The van der Waals surface area contributed by atoms with Gasteiger partial charge in [0.25, 0.3) is 5.91 Å². The highest BCUT2D eigenvalue weighted by atomic mass is 79.9. The summed E-state index contributed by atoms with van der Waals surface area (Å²) in [7, 11) is 0. The molecule has 0 unspecified atom stereocenters. The highest BCUT2D eigenvalue weighted by molar-refractivity contribution is 9.10. The summed E-state index contributed by atoms with van der Waals surface area (Å²) in [6, 6.07) is 6.01. The van der Waals surface area contributed by atoms with Gasteiger partial charge in [0.15, 0.2) is 6.61 Å². The van der Waals surface area contributed by atoms with E-state index in [0.29, 0.717) is 11.8 Å². The number of hydrogen-bond acceptors (Lipinski definition) is 3. The Balaban J connectivity index is 2.02. The third-order valence-corrected chi connectivity index (χ3v) is 3.96. The molecule has 0 aliphatic heterocycles. The van der Waals surface area contributed by atoms with E-state index in [4.69, 9.17) is 10.5 Å². The molecular formula is C15H21BrN2O2. The molecule has 0 radical (unpaired) electrons. The monoisotopic (exact) mass is 340 g/mol. The standard InChI is InChI=1S/C15H21BrN2O2/c1-3-18(12-5-6-12)15(19)9-20-14-8-11(16)4-7-13(14)10(2)17/h4,7-8,10,12H,3,5-6,9,17H2,1-2H3/t10-/m0/s1. The predicted octanol–water partition coefficient (Wildman–Crippen LogP) is 2.86. The lowest BCUT2D eigenvalue weighted by molar-refractivity contribution is -0.133. The number of nitrogens with two attached hydrogens (primary N) is 1. The smallest absolute Gasteiger partial charge is 0.260 e. The van der Waals surface area contributed by atoms with Gasteiger partial charge in [-0.25, -0.2) is 0 Å². The number of likely N-dealkylation sites (N-methyl/N-ethyl adjacent to an activating group) is 1. The number of nitrogens with zero attached hydrogens (tertiary/aromatic N) is 1. The lowest BCUT2D eigenvalue weighted by atomic mass is 10.1. The van der Waals surface area contributed by atoms with Gasteiger partial charge in [-0.15, -0.1) is 0 Å². The molecular weight excluding hydrogens is 320 g/mol. The number of ether oxygens (including phenoxy) is 1. The summed E-state index contributed by atoms with van der Waals surface area (Å²) < 4.78 is 6.62. The van der Waals surface area contributed by atoms with Gasteiger partial charge in [-0.2, -0.15) is 0 Å². The second-order valence-electron chi connectivity index (χ2n) is 5.17. The van der Waals surface area contributed by atoms with Crippen LogP contribution in [0.3, 0.4) is 0 Å². The summed E-state index contributed by atoms with van der Waals surface area (Å²) in [6.07, 6.45) is 2.23. The molecule has 0 saturated heterocycles. The number of benzene rings is 1. The van der Waals surface area contributed by atoms with Crippen LogP contribution in [0.25, 0.3) is 0 Å². The minimum Gasteiger partial charge on any atom is -0.483 e. The number of carbonyl (C=O) groups excluding carboxylic acids is 1. The van der Waals surface area contributed by atoms with E-state index >= 15 is 0 Å². The molecule has 20 heavy (non-hydrogen) atoms. The molecule has 2 N–H and O–H groups in total. The van der Waals surface area contributed by atoms with E-state index in [0.717, 1.165) is 29.4 Å². The van der Waals surface area contributed by atoms with Crippen molar-refractivity contribution in [1.82, 2.24) is 4.90 Å². The lowest BCUT2D eigenvalue weighted by Crippen LogP contribution is -2.36. The minimum absolute atomic E-state index is 0.0469. The van der Waals surface area contributed by atoms with Gasteiger partial charge in [0.2, 0.25) is 0 Å². The van der Waals surface area contributed by atoms with Crippen LogP contribution in [0.5, 0.6) is 5.75 Å². The van der Waals surface area contributed by atoms with Crippen molar-refractivity contribution in [1.29, 1.82) is 0 Å². The fraction of sp³-hybridized carbons (Fsp3) is 0.533. The fourth-order valence-electron chi connectivity index (χ4n) is 2.26. The Morgan fingerprint density at radius 2 is 2.25 bits per heavy atom. The first-order chi connectivity index (χ1) is 9.52. The second-order valence-corrected chi connectivity index (χ2v) is 6.09. The summed E-state index contributed by atoms with van der Waals surface area (Å²) in [5, 5.41) is 0. The number of hydrogen-bond donors (Lipinski definition) is 1. The maximum atomic E-state index is 12.2. The zero-order valence-corrected chi connectivity index (χ0v) is 13.5. The number of rotatable bonds is 6. The summed E-state index contributed by atoms with van der Waals surface area (Å²) >= 11 is 3.41. The third kappa shape index (κ3) is 3.73. The average molecular weight is 341 g/mol. The molecule has 1 atom stereocenters. The molecule has 1 saturated carbocycles. The molecule has 2 rings (SSSR count). The van der Waals surface area contributed by atoms with Crippen LogP contribution in [0.4, 0.5) is 0 Å². The van der Waals surface area contributed by atoms with E-state index < -0.39 is 0 Å². The number of carbonyl (C=O) groups is 1. The van der Waals surface area contributed by atoms with E-state index in [-0.39, 0.29) is 18.6 Å². The summed E-state index contributed by atoms with van der Waals surface area (Å²) in [4.78, 5) is 14.0. The van der Waals surface area contributed by atoms with Crippen LogP contribution in [0, 0.1) is 0 Å². The Kier molecular flexibility index (Phi) is 5.05. The Morgan fingerprint density at radius 1 is 1.55 bits per heavy atom. The first-order valence-corrected chi connectivity index (χ1v) is 7.79. The van der Waals surface area contributed by atoms with E-state index in [1.165, 1.54) is 0 Å². The topological polar surface area (TPSA) is 55.6 Å². The maximum Gasteiger partial charge on any atom is 0.260 e. The van der Waals surface area contributed by atoms with Gasteiger partial charge in [0.05, 0.1) is 0 Å². The van der Waals surface area contributed by atoms with Crippen molar-refractivity contribution < 1.29 is 9.53 Å². The molecule has 4 nitrogen and oxygen atoms in total. The third-order valence-electron chi connectivity index (χ3n) is 3.47. The molecule has 1 aliphatic rings. The highest BCUT2D eigenvalue weighted by Crippen LogP contribution is 2.29. The van der Waals surface area contributed by atoms with Crippen molar-refractivity contribution in [2.75, 3.05) is 13.2 Å². The first-order valence-electron chi connectivity index (χ1n) is 7.00. The van der Waals surface area contributed by atoms with Crippen molar-refractivity contribution >= 4 is 21.8 Å². The molecule has 110 valence electrons. The Labute approximate surface area is 128 Å². The zero-order valence-electron chi connectivity index (χ0n) is 11.9. The summed E-state index contributed by atoms with van der Waals surface area (Å²) in [5.74, 6) is 0.722. The fourth-order valence-corrected chi connectivity index (χ4v) is 2.60. The van der Waals surface area contributed by atoms with Crippen molar-refractivity contribution in [3.05, 3.63) is 28.2 Å². The molecule has 1 fully saturated rings. The van der Waals surface area contributed by atoms with E-state index in [1.54, 1.807) is 0 Å². The predicted molar refractivity (Wildman–Crippen MR) is 82.6 cm³/mol. The van der Waals surface area contributed by atoms with Crippen molar-refractivity contribution in [2.45, 2.75) is 38.8 Å². The highest BCUT2D eigenvalue weighted by Gasteiger charge is 2.31. The van der Waals surface area contributed by atoms with E-state index in [1.807, 2.05) is 36.9 Å². The minimum atomic E-state index is -0.126. The molecule has 0 spiro atoms. The van der Waals surface area contributed by atoms with Crippen LogP contribution in [0.15, 0.2) is 22.7 Å². The quantitative estimate of drug-likeness (QED) is 0.866. The van der Waals surface area contributed by atoms with E-state index in [9.17, 15) is 4.79 Å².